The van der Waals surface area contributed by atoms with Gasteiger partial charge in [-0.15, -0.1) is 0 Å². The first kappa shape index (κ1) is 20.1. The number of benzene rings is 1. The largest absolute Gasteiger partial charge is 0.485 e. The lowest BCUT2D eigenvalue weighted by molar-refractivity contribution is 0.0693. The topological polar surface area (TPSA) is 86.3 Å². The van der Waals surface area contributed by atoms with E-state index in [-0.39, 0.29) is 22.8 Å². The molecule has 1 N–H and O–H groups in total. The molecule has 1 atom stereocenters. The molecule has 9 heteroatoms. The lowest BCUT2D eigenvalue weighted by atomic mass is 9.85. The number of carbonyl (C=O) groups is 1. The molecule has 158 valence electrons. The summed E-state index contributed by atoms with van der Waals surface area (Å²) < 4.78 is 34.1. The fourth-order valence-corrected chi connectivity index (χ4v) is 3.90. The van der Waals surface area contributed by atoms with E-state index in [1.165, 1.54) is 12.3 Å². The molecule has 0 radical (unpaired) electrons. The van der Waals surface area contributed by atoms with Crippen LogP contribution in [0.3, 0.4) is 0 Å². The van der Waals surface area contributed by atoms with Gasteiger partial charge in [0.15, 0.2) is 5.43 Å². The van der Waals surface area contributed by atoms with E-state index in [0.717, 1.165) is 0 Å². The summed E-state index contributed by atoms with van der Waals surface area (Å²) in [6.45, 7) is 5.74. The summed E-state index contributed by atoms with van der Waals surface area (Å²) in [4.78, 5) is 24.0. The Labute approximate surface area is 170 Å². The minimum Gasteiger partial charge on any atom is -0.485 e. The number of aromatic carboxylic acids is 1. The van der Waals surface area contributed by atoms with E-state index in [4.69, 9.17) is 4.74 Å². The van der Waals surface area contributed by atoms with E-state index in [9.17, 15) is 23.5 Å². The molecule has 7 nitrogen and oxygen atoms in total. The molecular weight excluding hydrogens is 396 g/mol. The molecule has 0 saturated carbocycles. The smallest absolute Gasteiger partial charge is 0.341 e. The SMILES string of the molecule is CC(C)(C)C1Cn2nc3c(OCC(F)F)cccc3c2-c2cc(=O)c(C(=O)O)cn21. The molecule has 2 aromatic heterocycles. The third-order valence-corrected chi connectivity index (χ3v) is 5.33. The first-order valence-electron chi connectivity index (χ1n) is 9.48. The minimum atomic E-state index is -2.61. The molecule has 1 aromatic carbocycles. The molecule has 3 aromatic rings. The lowest BCUT2D eigenvalue weighted by Crippen LogP contribution is -2.35. The van der Waals surface area contributed by atoms with Crippen LogP contribution in [0.1, 0.15) is 37.2 Å². The van der Waals surface area contributed by atoms with Crippen LogP contribution in [0.15, 0.2) is 35.3 Å². The number of fused-ring (bicyclic) bond motifs is 5. The summed E-state index contributed by atoms with van der Waals surface area (Å²) in [5.41, 5.74) is 0.404. The molecule has 0 saturated heterocycles. The van der Waals surface area contributed by atoms with Crippen LogP contribution in [0.25, 0.3) is 22.3 Å². The first-order chi connectivity index (χ1) is 14.1. The van der Waals surface area contributed by atoms with Crippen LogP contribution in [0.5, 0.6) is 5.75 Å². The second kappa shape index (κ2) is 6.93. The van der Waals surface area contributed by atoms with E-state index in [1.54, 1.807) is 22.9 Å². The van der Waals surface area contributed by atoms with Crippen LogP contribution in [-0.4, -0.2) is 38.5 Å². The van der Waals surface area contributed by atoms with Crippen molar-refractivity contribution in [2.75, 3.05) is 6.61 Å². The number of pyridine rings is 1. The van der Waals surface area contributed by atoms with Gasteiger partial charge < -0.3 is 14.4 Å². The number of carboxylic acid groups (broad SMARTS) is 1. The zero-order valence-electron chi connectivity index (χ0n) is 16.7. The van der Waals surface area contributed by atoms with Gasteiger partial charge in [0.05, 0.1) is 24.0 Å². The maximum atomic E-state index is 12.6. The Morgan fingerprint density at radius 1 is 1.37 bits per heavy atom. The number of hydrogen-bond acceptors (Lipinski definition) is 4. The predicted molar refractivity (Wildman–Crippen MR) is 106 cm³/mol. The summed E-state index contributed by atoms with van der Waals surface area (Å²) in [6.07, 6.45) is -1.23. The molecule has 4 rings (SSSR count). The van der Waals surface area contributed by atoms with Crippen LogP contribution in [0, 0.1) is 5.41 Å². The van der Waals surface area contributed by atoms with Gasteiger partial charge in [-0.05, 0) is 11.5 Å². The number of carboxylic acids is 1. The molecule has 3 heterocycles. The Balaban J connectivity index is 1.98. The van der Waals surface area contributed by atoms with Crippen molar-refractivity contribution < 1.29 is 23.4 Å². The van der Waals surface area contributed by atoms with E-state index in [2.05, 4.69) is 5.10 Å². The lowest BCUT2D eigenvalue weighted by Gasteiger charge is -2.38. The number of ether oxygens (including phenoxy) is 1. The van der Waals surface area contributed by atoms with Crippen LogP contribution in [0.2, 0.25) is 0 Å². The highest BCUT2D eigenvalue weighted by Crippen LogP contribution is 2.43. The van der Waals surface area contributed by atoms with Gasteiger partial charge in [-0.1, -0.05) is 32.9 Å². The monoisotopic (exact) mass is 417 g/mol. The molecule has 0 bridgehead atoms. The number of hydrogen-bond donors (Lipinski definition) is 1. The molecule has 30 heavy (non-hydrogen) atoms. The molecule has 1 aliphatic heterocycles. The van der Waals surface area contributed by atoms with E-state index in [1.807, 2.05) is 25.3 Å². The maximum absolute atomic E-state index is 12.6. The summed E-state index contributed by atoms with van der Waals surface area (Å²) in [5, 5.41) is 14.7. The van der Waals surface area contributed by atoms with Crippen molar-refractivity contribution >= 4 is 16.9 Å². The van der Waals surface area contributed by atoms with E-state index < -0.39 is 24.4 Å². The maximum Gasteiger partial charge on any atom is 0.341 e. The molecule has 0 aliphatic carbocycles. The van der Waals surface area contributed by atoms with Crippen LogP contribution >= 0.6 is 0 Å². The zero-order valence-corrected chi connectivity index (χ0v) is 16.7. The fraction of sp³-hybridized carbons (Fsp3) is 0.381. The van der Waals surface area contributed by atoms with Gasteiger partial charge in [0, 0.05) is 17.6 Å². The average Bonchev–Trinajstić information content (AvgIpc) is 3.03. The summed E-state index contributed by atoms with van der Waals surface area (Å²) in [6, 6.07) is 6.15. The van der Waals surface area contributed by atoms with Crippen molar-refractivity contribution in [1.82, 2.24) is 14.3 Å². The number of rotatable bonds is 4. The summed E-state index contributed by atoms with van der Waals surface area (Å²) in [7, 11) is 0. The third-order valence-electron chi connectivity index (χ3n) is 5.33. The molecule has 1 unspecified atom stereocenters. The van der Waals surface area contributed by atoms with E-state index >= 15 is 0 Å². The third kappa shape index (κ3) is 3.24. The zero-order chi connectivity index (χ0) is 21.8. The first-order valence-corrected chi connectivity index (χ1v) is 9.48. The Morgan fingerprint density at radius 3 is 2.73 bits per heavy atom. The number of alkyl halides is 2. The van der Waals surface area contributed by atoms with Crippen molar-refractivity contribution in [3.8, 4) is 17.1 Å². The van der Waals surface area contributed by atoms with Crippen molar-refractivity contribution in [2.45, 2.75) is 39.8 Å². The fourth-order valence-electron chi connectivity index (χ4n) is 3.90. The average molecular weight is 417 g/mol. The van der Waals surface area contributed by atoms with Crippen LogP contribution in [0.4, 0.5) is 8.78 Å². The normalized spacial score (nSPS) is 15.9. The molecular formula is C21H21F2N3O4. The molecule has 0 spiro atoms. The van der Waals surface area contributed by atoms with Gasteiger partial charge >= 0.3 is 5.97 Å². The number of halogens is 2. The van der Waals surface area contributed by atoms with Gasteiger partial charge in [0.2, 0.25) is 0 Å². The molecule has 1 aliphatic rings. The number of aromatic nitrogens is 3. The minimum absolute atomic E-state index is 0.182. The van der Waals surface area contributed by atoms with Gasteiger partial charge in [-0.25, -0.2) is 13.6 Å². The van der Waals surface area contributed by atoms with Crippen molar-refractivity contribution in [1.29, 1.82) is 0 Å². The van der Waals surface area contributed by atoms with E-state index in [0.29, 0.717) is 28.8 Å². The van der Waals surface area contributed by atoms with Crippen LogP contribution in [-0.2, 0) is 6.54 Å². The van der Waals surface area contributed by atoms with Gasteiger partial charge in [0.25, 0.3) is 6.43 Å². The van der Waals surface area contributed by atoms with Gasteiger partial charge in [-0.3, -0.25) is 9.48 Å². The summed E-state index contributed by atoms with van der Waals surface area (Å²) >= 11 is 0. The highest BCUT2D eigenvalue weighted by molar-refractivity contribution is 5.96. The highest BCUT2D eigenvalue weighted by Gasteiger charge is 2.35. The second-order valence-corrected chi connectivity index (χ2v) is 8.42. The molecule has 0 amide bonds. The van der Waals surface area contributed by atoms with Crippen molar-refractivity contribution in [2.24, 2.45) is 5.41 Å². The van der Waals surface area contributed by atoms with Crippen LogP contribution < -0.4 is 10.2 Å². The number of nitrogens with zero attached hydrogens (tertiary/aromatic N) is 3. The Hall–Kier alpha value is -3.23. The van der Waals surface area contributed by atoms with Gasteiger partial charge in [-0.2, -0.15) is 5.10 Å². The second-order valence-electron chi connectivity index (χ2n) is 8.42. The Kier molecular flexibility index (Phi) is 4.63. The van der Waals surface area contributed by atoms with Crippen molar-refractivity contribution in [3.05, 3.63) is 46.2 Å². The van der Waals surface area contributed by atoms with Crippen molar-refractivity contribution in [3.63, 3.8) is 0 Å². The predicted octanol–water partition coefficient (Wildman–Crippen LogP) is 3.81. The highest BCUT2D eigenvalue weighted by atomic mass is 19.3. The molecule has 0 fully saturated rings. The quantitative estimate of drug-likeness (QED) is 0.698. The Bertz CT molecular complexity index is 1210. The summed E-state index contributed by atoms with van der Waals surface area (Å²) in [5.74, 6) is -1.05. The van der Waals surface area contributed by atoms with Gasteiger partial charge in [0.1, 0.15) is 23.4 Å². The Morgan fingerprint density at radius 2 is 2.10 bits per heavy atom. The standard InChI is InChI=1S/C21H21F2N3O4/c1-21(2,3)16-9-26-19(13-7-14(27)12(20(28)29)8-25(13)16)11-5-4-6-15(18(11)24-26)30-10-17(22)23/h4-8,16-17H,9-10H2,1-3H3,(H,28,29).